The van der Waals surface area contributed by atoms with Crippen molar-refractivity contribution in [2.45, 2.75) is 44.7 Å². The number of aromatic nitrogens is 1. The standard InChI is InChI=1S/C26H33N7O3/c1-17-25(35)31(2)22-16-29-23(15-21(22)33(17)20-8-3-4-9-20)30-19-7-5-6-18(14-19)24(34)27-10-12-32-13-11-28-26(32)36/h5-7,14-17,20H,3-4,8-13H2,1-2H3,(H,27,34)(H,28,36)(H,29,30). The number of anilines is 4. The summed E-state index contributed by atoms with van der Waals surface area (Å²) in [6, 6.07) is 9.29. The van der Waals surface area contributed by atoms with E-state index in [0.717, 1.165) is 29.9 Å². The summed E-state index contributed by atoms with van der Waals surface area (Å²) in [5.74, 6) is 0.545. The Morgan fingerprint density at radius 1 is 1.17 bits per heavy atom. The van der Waals surface area contributed by atoms with Crippen LogP contribution >= 0.6 is 0 Å². The molecule has 0 spiro atoms. The van der Waals surface area contributed by atoms with Gasteiger partial charge < -0.3 is 30.7 Å². The van der Waals surface area contributed by atoms with Crippen LogP contribution in [0.2, 0.25) is 0 Å². The van der Waals surface area contributed by atoms with Crippen LogP contribution < -0.4 is 25.8 Å². The molecular weight excluding hydrogens is 458 g/mol. The second kappa shape index (κ2) is 10.0. The van der Waals surface area contributed by atoms with Crippen molar-refractivity contribution in [3.63, 3.8) is 0 Å². The third-order valence-electron chi connectivity index (χ3n) is 7.33. The van der Waals surface area contributed by atoms with Crippen LogP contribution in [0.15, 0.2) is 36.5 Å². The van der Waals surface area contributed by atoms with E-state index in [9.17, 15) is 14.4 Å². The minimum absolute atomic E-state index is 0.0842. The Hall–Kier alpha value is -3.82. The molecular formula is C26H33N7O3. The van der Waals surface area contributed by atoms with Crippen LogP contribution in [0.5, 0.6) is 0 Å². The molecule has 3 N–H and O–H groups in total. The van der Waals surface area contributed by atoms with Gasteiger partial charge in [-0.2, -0.15) is 0 Å². The molecule has 1 unspecified atom stereocenters. The van der Waals surface area contributed by atoms with E-state index in [2.05, 4.69) is 25.8 Å². The zero-order valence-electron chi connectivity index (χ0n) is 20.8. The summed E-state index contributed by atoms with van der Waals surface area (Å²) in [4.78, 5) is 47.4. The van der Waals surface area contributed by atoms with Crippen molar-refractivity contribution in [2.24, 2.45) is 0 Å². The van der Waals surface area contributed by atoms with Gasteiger partial charge in [0.25, 0.3) is 5.91 Å². The lowest BCUT2D eigenvalue weighted by atomic mass is 10.0. The number of carbonyl (C=O) groups excluding carboxylic acids is 3. The molecule has 1 saturated heterocycles. The Balaban J connectivity index is 1.30. The number of pyridine rings is 1. The number of urea groups is 1. The topological polar surface area (TPSA) is 110 Å². The first-order chi connectivity index (χ1) is 17.4. The lowest BCUT2D eigenvalue weighted by Gasteiger charge is -2.43. The van der Waals surface area contributed by atoms with E-state index in [-0.39, 0.29) is 23.9 Å². The van der Waals surface area contributed by atoms with Crippen molar-refractivity contribution in [2.75, 3.05) is 48.3 Å². The van der Waals surface area contributed by atoms with Gasteiger partial charge in [0.15, 0.2) is 0 Å². The molecule has 1 aromatic carbocycles. The van der Waals surface area contributed by atoms with Crippen molar-refractivity contribution in [3.05, 3.63) is 42.1 Å². The Bertz CT molecular complexity index is 1160. The number of amides is 4. The summed E-state index contributed by atoms with van der Waals surface area (Å²) in [7, 11) is 1.80. The summed E-state index contributed by atoms with van der Waals surface area (Å²) in [5, 5.41) is 8.96. The lowest BCUT2D eigenvalue weighted by Crippen LogP contribution is -2.54. The maximum Gasteiger partial charge on any atom is 0.317 e. The van der Waals surface area contributed by atoms with Crippen LogP contribution in [0, 0.1) is 0 Å². The van der Waals surface area contributed by atoms with Gasteiger partial charge in [-0.25, -0.2) is 9.78 Å². The molecule has 0 radical (unpaired) electrons. The lowest BCUT2D eigenvalue weighted by molar-refractivity contribution is -0.119. The van der Waals surface area contributed by atoms with Gasteiger partial charge in [-0.3, -0.25) is 9.59 Å². The van der Waals surface area contributed by atoms with Gasteiger partial charge in [-0.15, -0.1) is 0 Å². The SMILES string of the molecule is CC1C(=O)N(C)c2cnc(Nc3cccc(C(=O)NCCN4CCNC4=O)c3)cc2N1C1CCCC1. The van der Waals surface area contributed by atoms with Gasteiger partial charge in [0.2, 0.25) is 5.91 Å². The number of nitrogens with one attached hydrogen (secondary N) is 3. The molecule has 0 bridgehead atoms. The molecule has 1 aromatic heterocycles. The maximum atomic E-state index is 12.9. The first-order valence-electron chi connectivity index (χ1n) is 12.7. The van der Waals surface area contributed by atoms with Crippen LogP contribution in [0.25, 0.3) is 0 Å². The fourth-order valence-corrected chi connectivity index (χ4v) is 5.41. The average Bonchev–Trinajstić information content (AvgIpc) is 3.55. The quantitative estimate of drug-likeness (QED) is 0.549. The number of hydrogen-bond donors (Lipinski definition) is 3. The smallest absolute Gasteiger partial charge is 0.317 e. The summed E-state index contributed by atoms with van der Waals surface area (Å²) in [5.41, 5.74) is 3.09. The van der Waals surface area contributed by atoms with E-state index in [1.54, 1.807) is 35.2 Å². The van der Waals surface area contributed by atoms with E-state index in [4.69, 9.17) is 0 Å². The van der Waals surface area contributed by atoms with Crippen LogP contribution in [0.3, 0.4) is 0 Å². The molecule has 10 heteroatoms. The van der Waals surface area contributed by atoms with Gasteiger partial charge in [0.05, 0.1) is 17.6 Å². The number of hydrogen-bond acceptors (Lipinski definition) is 6. The van der Waals surface area contributed by atoms with Gasteiger partial charge in [-0.05, 0) is 38.0 Å². The third kappa shape index (κ3) is 4.67. The van der Waals surface area contributed by atoms with Crippen molar-refractivity contribution in [1.82, 2.24) is 20.5 Å². The Labute approximate surface area is 211 Å². The second-order valence-electron chi connectivity index (χ2n) is 9.66. The summed E-state index contributed by atoms with van der Waals surface area (Å²) in [6.07, 6.45) is 6.29. The van der Waals surface area contributed by atoms with Gasteiger partial charge in [-0.1, -0.05) is 18.9 Å². The molecule has 2 fully saturated rings. The summed E-state index contributed by atoms with van der Waals surface area (Å²) in [6.45, 7) is 4.13. The number of benzene rings is 1. The van der Waals surface area contributed by atoms with Crippen LogP contribution in [0.4, 0.5) is 27.7 Å². The Morgan fingerprint density at radius 3 is 2.72 bits per heavy atom. The first kappa shape index (κ1) is 23.9. The van der Waals surface area contributed by atoms with Crippen LogP contribution in [0.1, 0.15) is 43.0 Å². The molecule has 10 nitrogen and oxygen atoms in total. The van der Waals surface area contributed by atoms with Crippen molar-refractivity contribution in [1.29, 1.82) is 0 Å². The van der Waals surface area contributed by atoms with E-state index in [1.807, 2.05) is 25.1 Å². The molecule has 3 heterocycles. The molecule has 36 heavy (non-hydrogen) atoms. The number of likely N-dealkylation sites (N-methyl/N-ethyl adjacent to an activating group) is 1. The minimum atomic E-state index is -0.223. The van der Waals surface area contributed by atoms with E-state index >= 15 is 0 Å². The molecule has 3 aliphatic rings. The highest BCUT2D eigenvalue weighted by Crippen LogP contribution is 2.41. The predicted molar refractivity (Wildman–Crippen MR) is 139 cm³/mol. The zero-order chi connectivity index (χ0) is 25.2. The van der Waals surface area contributed by atoms with Crippen LogP contribution in [-0.2, 0) is 4.79 Å². The molecule has 1 aliphatic carbocycles. The van der Waals surface area contributed by atoms with Gasteiger partial charge in [0, 0.05) is 56.6 Å². The fourth-order valence-electron chi connectivity index (χ4n) is 5.41. The molecule has 4 amide bonds. The number of nitrogens with zero attached hydrogens (tertiary/aromatic N) is 4. The van der Waals surface area contributed by atoms with Gasteiger partial charge in [0.1, 0.15) is 11.9 Å². The largest absolute Gasteiger partial charge is 0.355 e. The minimum Gasteiger partial charge on any atom is -0.355 e. The number of fused-ring (bicyclic) bond motifs is 1. The normalized spacial score (nSPS) is 19.9. The van der Waals surface area contributed by atoms with Crippen molar-refractivity contribution < 1.29 is 14.4 Å². The highest BCUT2D eigenvalue weighted by molar-refractivity contribution is 6.05. The summed E-state index contributed by atoms with van der Waals surface area (Å²) < 4.78 is 0. The first-order valence-corrected chi connectivity index (χ1v) is 12.7. The average molecular weight is 492 g/mol. The molecule has 2 aromatic rings. The molecule has 1 atom stereocenters. The highest BCUT2D eigenvalue weighted by Gasteiger charge is 2.38. The Morgan fingerprint density at radius 2 is 1.97 bits per heavy atom. The van der Waals surface area contributed by atoms with E-state index in [1.165, 1.54) is 12.8 Å². The van der Waals surface area contributed by atoms with Crippen molar-refractivity contribution in [3.8, 4) is 0 Å². The number of carbonyl (C=O) groups is 3. The third-order valence-corrected chi connectivity index (χ3v) is 7.33. The van der Waals surface area contributed by atoms with E-state index in [0.29, 0.717) is 43.6 Å². The molecule has 1 saturated carbocycles. The van der Waals surface area contributed by atoms with Gasteiger partial charge >= 0.3 is 6.03 Å². The molecule has 5 rings (SSSR count). The van der Waals surface area contributed by atoms with E-state index < -0.39 is 0 Å². The van der Waals surface area contributed by atoms with Crippen LogP contribution in [-0.4, -0.2) is 73.0 Å². The summed E-state index contributed by atoms with van der Waals surface area (Å²) >= 11 is 0. The zero-order valence-corrected chi connectivity index (χ0v) is 20.8. The molecule has 2 aliphatic heterocycles. The number of rotatable bonds is 7. The van der Waals surface area contributed by atoms with Crippen molar-refractivity contribution >= 4 is 40.7 Å². The monoisotopic (exact) mass is 491 g/mol. The Kier molecular flexibility index (Phi) is 6.67. The predicted octanol–water partition coefficient (Wildman–Crippen LogP) is 2.69. The molecule has 190 valence electrons. The highest BCUT2D eigenvalue weighted by atomic mass is 16.2. The second-order valence-corrected chi connectivity index (χ2v) is 9.66. The fraction of sp³-hybridized carbons (Fsp3) is 0.462. The maximum absolute atomic E-state index is 12.9.